The van der Waals surface area contributed by atoms with Crippen molar-refractivity contribution in [3.63, 3.8) is 0 Å². The summed E-state index contributed by atoms with van der Waals surface area (Å²) < 4.78 is 0. The first-order valence-electron chi connectivity index (χ1n) is 10.6. The number of aromatic amines is 2. The first-order chi connectivity index (χ1) is 14.0. The highest BCUT2D eigenvalue weighted by molar-refractivity contribution is 7.18. The summed E-state index contributed by atoms with van der Waals surface area (Å²) in [5, 5.41) is 0.816. The molecule has 154 valence electrons. The summed E-state index contributed by atoms with van der Waals surface area (Å²) in [5.41, 5.74) is 1.23. The van der Waals surface area contributed by atoms with Crippen LogP contribution < -0.4 is 20.3 Å². The smallest absolute Gasteiger partial charge is 0.274 e. The molecule has 4 heterocycles. The van der Waals surface area contributed by atoms with Crippen molar-refractivity contribution in [2.75, 3.05) is 31.1 Å². The van der Waals surface area contributed by atoms with E-state index in [-0.39, 0.29) is 5.56 Å². The van der Waals surface area contributed by atoms with Crippen molar-refractivity contribution in [3.05, 3.63) is 51.0 Å². The van der Waals surface area contributed by atoms with Crippen molar-refractivity contribution in [2.24, 2.45) is 5.92 Å². The average molecular weight is 414 g/mol. The molecule has 0 amide bonds. The summed E-state index contributed by atoms with van der Waals surface area (Å²) in [5.74, 6) is 2.56. The van der Waals surface area contributed by atoms with Crippen LogP contribution in [0.4, 0.5) is 5.82 Å². The molecule has 0 radical (unpaired) electrons. The fraction of sp³-hybridized carbons (Fsp3) is 0.500. The predicted molar refractivity (Wildman–Crippen MR) is 118 cm³/mol. The minimum atomic E-state index is 0.0320. The van der Waals surface area contributed by atoms with Gasteiger partial charge in [-0.2, -0.15) is 0 Å². The fourth-order valence-electron chi connectivity index (χ4n) is 4.10. The fourth-order valence-corrected chi connectivity index (χ4v) is 5.17. The van der Waals surface area contributed by atoms with Gasteiger partial charge in [-0.1, -0.05) is 26.3 Å². The van der Waals surface area contributed by atoms with Crippen LogP contribution in [0.15, 0.2) is 29.2 Å². The average Bonchev–Trinajstić information content (AvgIpc) is 3.04. The Kier molecular flexibility index (Phi) is 5.96. The zero-order valence-electron chi connectivity index (χ0n) is 17.5. The van der Waals surface area contributed by atoms with Crippen molar-refractivity contribution in [3.8, 4) is 0 Å². The Morgan fingerprint density at radius 1 is 1.34 bits per heavy atom. The number of nitrogens with one attached hydrogen (secondary N) is 3. The molecule has 3 aromatic heterocycles. The van der Waals surface area contributed by atoms with Gasteiger partial charge < -0.3 is 9.88 Å². The van der Waals surface area contributed by atoms with Crippen LogP contribution in [0, 0.1) is 12.8 Å². The van der Waals surface area contributed by atoms with Crippen LogP contribution in [0.2, 0.25) is 0 Å². The van der Waals surface area contributed by atoms with E-state index in [1.165, 1.54) is 21.2 Å². The molecule has 0 spiro atoms. The quantitative estimate of drug-likeness (QED) is 0.645. The molecule has 3 aromatic rings. The largest absolute Gasteiger partial charge is 0.322 e. The molecule has 6 nitrogen and oxygen atoms in total. The van der Waals surface area contributed by atoms with Gasteiger partial charge in [0.05, 0.1) is 11.6 Å². The summed E-state index contributed by atoms with van der Waals surface area (Å²) in [7, 11) is 0. The van der Waals surface area contributed by atoms with E-state index in [9.17, 15) is 4.79 Å². The number of hydrogen-bond donors (Lipinski definition) is 2. The summed E-state index contributed by atoms with van der Waals surface area (Å²) in [6.07, 6.45) is 4.05. The van der Waals surface area contributed by atoms with E-state index < -0.39 is 0 Å². The highest BCUT2D eigenvalue weighted by Gasteiger charge is 2.27. The Morgan fingerprint density at radius 2 is 2.14 bits per heavy atom. The summed E-state index contributed by atoms with van der Waals surface area (Å²) in [6, 6.07) is 6.19. The number of piperazine rings is 1. The van der Waals surface area contributed by atoms with E-state index in [1.54, 1.807) is 11.3 Å². The first kappa shape index (κ1) is 20.0. The second-order valence-corrected chi connectivity index (χ2v) is 9.41. The maximum absolute atomic E-state index is 12.9. The normalized spacial score (nSPS) is 16.4. The van der Waals surface area contributed by atoms with Crippen molar-refractivity contribution in [1.29, 1.82) is 0 Å². The maximum Gasteiger partial charge on any atom is 0.274 e. The van der Waals surface area contributed by atoms with Gasteiger partial charge in [0.2, 0.25) is 0 Å². The third-order valence-corrected chi connectivity index (χ3v) is 7.12. The molecule has 0 saturated carbocycles. The van der Waals surface area contributed by atoms with Gasteiger partial charge in [0.25, 0.3) is 11.4 Å². The molecule has 4 rings (SSSR count). The van der Waals surface area contributed by atoms with Crippen molar-refractivity contribution in [2.45, 2.75) is 40.2 Å². The Bertz CT molecular complexity index is 1020. The van der Waals surface area contributed by atoms with Crippen molar-refractivity contribution < 1.29 is 9.88 Å². The van der Waals surface area contributed by atoms with Crippen LogP contribution in [0.5, 0.6) is 0 Å². The van der Waals surface area contributed by atoms with Crippen LogP contribution in [0.3, 0.4) is 0 Å². The number of nitrogens with zero attached hydrogens (tertiary/aromatic N) is 2. The number of rotatable bonds is 6. The molecule has 29 heavy (non-hydrogen) atoms. The molecular weight excluding hydrogens is 382 g/mol. The van der Waals surface area contributed by atoms with E-state index in [4.69, 9.17) is 4.98 Å². The predicted octanol–water partition coefficient (Wildman–Crippen LogP) is 1.60. The highest BCUT2D eigenvalue weighted by Crippen LogP contribution is 2.29. The molecule has 1 aliphatic heterocycles. The summed E-state index contributed by atoms with van der Waals surface area (Å²) in [4.78, 5) is 30.1. The Balaban J connectivity index is 1.47. The third kappa shape index (κ3) is 4.36. The van der Waals surface area contributed by atoms with E-state index in [1.807, 2.05) is 12.3 Å². The lowest BCUT2D eigenvalue weighted by molar-refractivity contribution is -0.915. The summed E-state index contributed by atoms with van der Waals surface area (Å²) >= 11 is 1.67. The van der Waals surface area contributed by atoms with Crippen molar-refractivity contribution >= 4 is 27.4 Å². The number of aromatic nitrogens is 3. The molecule has 3 N–H and O–H groups in total. The van der Waals surface area contributed by atoms with Crippen molar-refractivity contribution in [1.82, 2.24) is 9.97 Å². The van der Waals surface area contributed by atoms with Gasteiger partial charge in [-0.25, -0.2) is 9.97 Å². The molecule has 1 atom stereocenters. The SMILES string of the molecule is CC[C@@H](C)Cc1c(C)sc2nc(C[NH+]3CCN(c4cccc[nH+]4)CC3)[nH]c(=O)c12. The standard InChI is InChI=1S/C22H29N5OS/c1-4-15(2)13-17-16(3)29-22-20(17)21(28)24-18(25-22)14-26-9-11-27(12-10-26)19-7-5-6-8-23-19/h5-8,15H,4,9-14H2,1-3H3,(H,24,25,28)/p+2/t15-/m1/s1. The monoisotopic (exact) mass is 413 g/mol. The molecule has 1 saturated heterocycles. The number of pyridine rings is 1. The number of fused-ring (bicyclic) bond motifs is 1. The lowest BCUT2D eigenvalue weighted by Gasteiger charge is -2.27. The topological polar surface area (TPSA) is 67.6 Å². The molecule has 0 unspecified atom stereocenters. The number of quaternary nitrogens is 1. The first-order valence-corrected chi connectivity index (χ1v) is 11.4. The van der Waals surface area contributed by atoms with E-state index in [2.05, 4.69) is 47.8 Å². The van der Waals surface area contributed by atoms with Gasteiger partial charge in [0.15, 0.2) is 5.82 Å². The molecule has 0 aromatic carbocycles. The molecular formula is C22H31N5OS+2. The number of anilines is 1. The Hall–Kier alpha value is -2.25. The van der Waals surface area contributed by atoms with E-state index in [0.717, 1.165) is 61.6 Å². The lowest BCUT2D eigenvalue weighted by Crippen LogP contribution is -3.13. The number of hydrogen-bond acceptors (Lipinski definition) is 4. The van der Waals surface area contributed by atoms with Gasteiger partial charge in [0.1, 0.15) is 37.6 Å². The van der Waals surface area contributed by atoms with Gasteiger partial charge in [-0.3, -0.25) is 9.69 Å². The van der Waals surface area contributed by atoms with Crippen LogP contribution >= 0.6 is 11.3 Å². The zero-order chi connectivity index (χ0) is 20.4. The van der Waals surface area contributed by atoms with Gasteiger partial charge in [0, 0.05) is 10.9 Å². The van der Waals surface area contributed by atoms with Gasteiger partial charge in [-0.05, 0) is 30.9 Å². The Morgan fingerprint density at radius 3 is 2.83 bits per heavy atom. The van der Waals surface area contributed by atoms with Gasteiger partial charge >= 0.3 is 0 Å². The van der Waals surface area contributed by atoms with Gasteiger partial charge in [-0.15, -0.1) is 11.3 Å². The van der Waals surface area contributed by atoms with E-state index in [0.29, 0.717) is 5.92 Å². The number of H-pyrrole nitrogens is 2. The molecule has 0 aliphatic carbocycles. The van der Waals surface area contributed by atoms with Crippen LogP contribution in [0.25, 0.3) is 10.2 Å². The zero-order valence-corrected chi connectivity index (χ0v) is 18.4. The minimum Gasteiger partial charge on any atom is -0.322 e. The minimum absolute atomic E-state index is 0.0320. The second-order valence-electron chi connectivity index (χ2n) is 8.21. The molecule has 1 aliphatic rings. The van der Waals surface area contributed by atoms with Crippen LogP contribution in [-0.2, 0) is 13.0 Å². The van der Waals surface area contributed by atoms with E-state index >= 15 is 0 Å². The lowest BCUT2D eigenvalue weighted by atomic mass is 9.98. The molecule has 0 bridgehead atoms. The maximum atomic E-state index is 12.9. The van der Waals surface area contributed by atoms with Crippen LogP contribution in [0.1, 0.15) is 36.5 Å². The Labute approximate surface area is 175 Å². The number of aryl methyl sites for hydroxylation is 1. The third-order valence-electron chi connectivity index (χ3n) is 6.08. The molecule has 7 heteroatoms. The molecule has 1 fully saturated rings. The highest BCUT2D eigenvalue weighted by atomic mass is 32.1. The van der Waals surface area contributed by atoms with Crippen LogP contribution in [-0.4, -0.2) is 36.1 Å². The second kappa shape index (κ2) is 8.63. The summed E-state index contributed by atoms with van der Waals surface area (Å²) in [6.45, 7) is 11.4. The number of thiophene rings is 1.